The Labute approximate surface area is 89.3 Å². The molecule has 0 aliphatic carbocycles. The number of nitrogens with two attached hydrogens (primary N) is 1. The lowest BCUT2D eigenvalue weighted by atomic mass is 10.1. The number of hydrogen-bond acceptors (Lipinski definition) is 3. The Kier molecular flexibility index (Phi) is 2.45. The van der Waals surface area contributed by atoms with Crippen molar-refractivity contribution in [1.82, 2.24) is 0 Å². The molecule has 1 aromatic carbocycles. The maximum Gasteiger partial charge on any atom is 0.0479 e. The summed E-state index contributed by atoms with van der Waals surface area (Å²) in [4.78, 5) is 1.32. The van der Waals surface area contributed by atoms with Crippen LogP contribution in [0.2, 0.25) is 0 Å². The van der Waals surface area contributed by atoms with Crippen molar-refractivity contribution in [2.45, 2.75) is 30.0 Å². The summed E-state index contributed by atoms with van der Waals surface area (Å²) < 4.78 is 0.278. The summed E-state index contributed by atoms with van der Waals surface area (Å²) in [7, 11) is 0. The van der Waals surface area contributed by atoms with Crippen LogP contribution in [-0.2, 0) is 6.54 Å². The normalized spacial score (nSPS) is 18.5. The Balaban J connectivity index is 2.34. The first kappa shape index (κ1) is 9.87. The van der Waals surface area contributed by atoms with Gasteiger partial charge in [0.1, 0.15) is 0 Å². The van der Waals surface area contributed by atoms with Crippen LogP contribution in [0.3, 0.4) is 0 Å². The van der Waals surface area contributed by atoms with Crippen LogP contribution in [0.25, 0.3) is 0 Å². The van der Waals surface area contributed by atoms with Gasteiger partial charge in [-0.3, -0.25) is 0 Å². The van der Waals surface area contributed by atoms with Gasteiger partial charge in [-0.25, -0.2) is 0 Å². The molecule has 2 nitrogen and oxygen atoms in total. The number of anilines is 1. The van der Waals surface area contributed by atoms with E-state index in [-0.39, 0.29) is 4.75 Å². The lowest BCUT2D eigenvalue weighted by molar-refractivity contribution is 0.738. The summed E-state index contributed by atoms with van der Waals surface area (Å²) in [6, 6.07) is 6.40. The first-order chi connectivity index (χ1) is 6.61. The fourth-order valence-corrected chi connectivity index (χ4v) is 2.77. The first-order valence-electron chi connectivity index (χ1n) is 4.87. The molecule has 0 radical (unpaired) electrons. The first-order valence-corrected chi connectivity index (χ1v) is 5.68. The van der Waals surface area contributed by atoms with E-state index < -0.39 is 0 Å². The van der Waals surface area contributed by atoms with E-state index in [1.54, 1.807) is 0 Å². The predicted molar refractivity (Wildman–Crippen MR) is 62.8 cm³/mol. The second-order valence-electron chi connectivity index (χ2n) is 4.25. The number of nitrogens with one attached hydrogen (secondary N) is 1. The van der Waals surface area contributed by atoms with Crippen molar-refractivity contribution >= 4 is 17.4 Å². The van der Waals surface area contributed by atoms with Crippen LogP contribution in [0.5, 0.6) is 0 Å². The van der Waals surface area contributed by atoms with E-state index in [1.165, 1.54) is 16.1 Å². The molecule has 3 heteroatoms. The van der Waals surface area contributed by atoms with Crippen molar-refractivity contribution in [2.24, 2.45) is 5.73 Å². The van der Waals surface area contributed by atoms with Gasteiger partial charge in [-0.05, 0) is 31.5 Å². The van der Waals surface area contributed by atoms with Gasteiger partial charge in [0.05, 0.1) is 0 Å². The monoisotopic (exact) mass is 208 g/mol. The highest BCUT2D eigenvalue weighted by Gasteiger charge is 2.25. The topological polar surface area (TPSA) is 38.0 Å². The molecule has 76 valence electrons. The summed E-state index contributed by atoms with van der Waals surface area (Å²) in [5.41, 5.74) is 8.07. The Morgan fingerprint density at radius 2 is 2.29 bits per heavy atom. The molecular weight excluding hydrogens is 192 g/mol. The molecule has 14 heavy (non-hydrogen) atoms. The molecule has 0 saturated heterocycles. The van der Waals surface area contributed by atoms with E-state index >= 15 is 0 Å². The molecule has 0 amide bonds. The SMILES string of the molecule is CC1(C)CNc2ccc(CN)cc2S1. The van der Waals surface area contributed by atoms with Crippen molar-refractivity contribution in [3.05, 3.63) is 23.8 Å². The maximum absolute atomic E-state index is 5.62. The third kappa shape index (κ3) is 1.88. The molecule has 0 fully saturated rings. The summed E-state index contributed by atoms with van der Waals surface area (Å²) >= 11 is 1.93. The summed E-state index contributed by atoms with van der Waals surface area (Å²) in [6.07, 6.45) is 0. The summed E-state index contributed by atoms with van der Waals surface area (Å²) in [5, 5.41) is 3.44. The van der Waals surface area contributed by atoms with Gasteiger partial charge in [-0.15, -0.1) is 11.8 Å². The molecule has 1 heterocycles. The lowest BCUT2D eigenvalue weighted by Gasteiger charge is -2.31. The molecule has 1 aromatic rings. The Hall–Kier alpha value is -0.670. The summed E-state index contributed by atoms with van der Waals surface area (Å²) in [5.74, 6) is 0. The van der Waals surface area contributed by atoms with Crippen molar-refractivity contribution < 1.29 is 0 Å². The molecule has 0 atom stereocenters. The van der Waals surface area contributed by atoms with E-state index in [1.807, 2.05) is 11.8 Å². The van der Waals surface area contributed by atoms with Crippen LogP contribution in [0.15, 0.2) is 23.1 Å². The van der Waals surface area contributed by atoms with Crippen molar-refractivity contribution in [3.8, 4) is 0 Å². The quantitative estimate of drug-likeness (QED) is 0.744. The van der Waals surface area contributed by atoms with E-state index in [0.717, 1.165) is 6.54 Å². The second kappa shape index (κ2) is 3.48. The average Bonchev–Trinajstić information content (AvgIpc) is 2.15. The summed E-state index contributed by atoms with van der Waals surface area (Å²) in [6.45, 7) is 6.15. The third-order valence-corrected chi connectivity index (χ3v) is 3.63. The number of hydrogen-bond donors (Lipinski definition) is 2. The minimum absolute atomic E-state index is 0.278. The molecule has 2 rings (SSSR count). The van der Waals surface area contributed by atoms with Crippen molar-refractivity contribution in [3.63, 3.8) is 0 Å². The molecule has 0 spiro atoms. The van der Waals surface area contributed by atoms with Gasteiger partial charge in [0.2, 0.25) is 0 Å². The van der Waals surface area contributed by atoms with E-state index in [4.69, 9.17) is 5.73 Å². The van der Waals surface area contributed by atoms with Crippen LogP contribution < -0.4 is 11.1 Å². The van der Waals surface area contributed by atoms with E-state index in [9.17, 15) is 0 Å². The Bertz CT molecular complexity index is 347. The van der Waals surface area contributed by atoms with Crippen LogP contribution in [-0.4, -0.2) is 11.3 Å². The molecule has 0 bridgehead atoms. The predicted octanol–water partition coefficient (Wildman–Crippen LogP) is 2.44. The number of fused-ring (bicyclic) bond motifs is 1. The van der Waals surface area contributed by atoms with Crippen LogP contribution in [0.4, 0.5) is 5.69 Å². The van der Waals surface area contributed by atoms with Crippen LogP contribution in [0, 0.1) is 0 Å². The molecule has 1 aliphatic heterocycles. The zero-order valence-corrected chi connectivity index (χ0v) is 9.45. The van der Waals surface area contributed by atoms with Crippen LogP contribution in [0.1, 0.15) is 19.4 Å². The highest BCUT2D eigenvalue weighted by Crippen LogP contribution is 2.41. The largest absolute Gasteiger partial charge is 0.383 e. The molecule has 0 saturated carbocycles. The molecule has 3 N–H and O–H groups in total. The van der Waals surface area contributed by atoms with Gasteiger partial charge < -0.3 is 11.1 Å². The lowest BCUT2D eigenvalue weighted by Crippen LogP contribution is -2.29. The second-order valence-corrected chi connectivity index (χ2v) is 6.00. The smallest absolute Gasteiger partial charge is 0.0479 e. The average molecular weight is 208 g/mol. The number of thioether (sulfide) groups is 1. The van der Waals surface area contributed by atoms with Crippen molar-refractivity contribution in [2.75, 3.05) is 11.9 Å². The fourth-order valence-electron chi connectivity index (χ4n) is 1.57. The Morgan fingerprint density at radius 3 is 3.00 bits per heavy atom. The van der Waals surface area contributed by atoms with Gasteiger partial charge in [0.25, 0.3) is 0 Å². The minimum Gasteiger partial charge on any atom is -0.383 e. The number of benzene rings is 1. The Morgan fingerprint density at radius 1 is 1.50 bits per heavy atom. The number of rotatable bonds is 1. The fraction of sp³-hybridized carbons (Fsp3) is 0.455. The minimum atomic E-state index is 0.278. The maximum atomic E-state index is 5.62. The zero-order chi connectivity index (χ0) is 10.2. The van der Waals surface area contributed by atoms with Crippen molar-refractivity contribution in [1.29, 1.82) is 0 Å². The molecule has 0 aromatic heterocycles. The van der Waals surface area contributed by atoms with Gasteiger partial charge in [0.15, 0.2) is 0 Å². The van der Waals surface area contributed by atoms with E-state index in [0.29, 0.717) is 6.54 Å². The van der Waals surface area contributed by atoms with Gasteiger partial charge in [-0.1, -0.05) is 6.07 Å². The standard InChI is InChI=1S/C11H16N2S/c1-11(2)7-13-9-4-3-8(6-12)5-10(9)14-11/h3-5,13H,6-7,12H2,1-2H3. The molecular formula is C11H16N2S. The zero-order valence-electron chi connectivity index (χ0n) is 8.63. The van der Waals surface area contributed by atoms with Gasteiger partial charge in [0, 0.05) is 28.4 Å². The third-order valence-electron chi connectivity index (χ3n) is 2.37. The molecule has 1 aliphatic rings. The van der Waals surface area contributed by atoms with Gasteiger partial charge in [-0.2, -0.15) is 0 Å². The van der Waals surface area contributed by atoms with E-state index in [2.05, 4.69) is 37.4 Å². The van der Waals surface area contributed by atoms with Crippen LogP contribution >= 0.6 is 11.8 Å². The highest BCUT2D eigenvalue weighted by atomic mass is 32.2. The highest BCUT2D eigenvalue weighted by molar-refractivity contribution is 8.00. The van der Waals surface area contributed by atoms with Gasteiger partial charge >= 0.3 is 0 Å². The molecule has 0 unspecified atom stereocenters.